The first-order chi connectivity index (χ1) is 6.56. The zero-order chi connectivity index (χ0) is 11.0. The van der Waals surface area contributed by atoms with Crippen LogP contribution in [0.1, 0.15) is 20.3 Å². The Morgan fingerprint density at radius 1 is 1.50 bits per heavy atom. The van der Waals surface area contributed by atoms with E-state index in [9.17, 15) is 9.00 Å². The molecule has 0 spiro atoms. The lowest BCUT2D eigenvalue weighted by Gasteiger charge is -2.11. The summed E-state index contributed by atoms with van der Waals surface area (Å²) in [4.78, 5) is 11.2. The maximum atomic E-state index is 11.2. The van der Waals surface area contributed by atoms with E-state index in [1.54, 1.807) is 6.26 Å². The molecular weight excluding hydrogens is 200 g/mol. The molecule has 84 valence electrons. The van der Waals surface area contributed by atoms with E-state index < -0.39 is 10.8 Å². The molecule has 0 aliphatic heterocycles. The van der Waals surface area contributed by atoms with Crippen molar-refractivity contribution in [2.24, 2.45) is 0 Å². The van der Waals surface area contributed by atoms with Gasteiger partial charge in [-0.3, -0.25) is 9.00 Å². The second-order valence-electron chi connectivity index (χ2n) is 3.33. The number of amides is 1. The van der Waals surface area contributed by atoms with Crippen LogP contribution in [0.2, 0.25) is 0 Å². The standard InChI is InChI=1S/C9H20N2O2S/c1-4-8(2)11-9(12)7-10-5-6-14(3)13/h8,10H,4-7H2,1-3H3,(H,11,12). The monoisotopic (exact) mass is 220 g/mol. The molecule has 0 aliphatic rings. The summed E-state index contributed by atoms with van der Waals surface area (Å²) in [7, 11) is -0.787. The zero-order valence-electron chi connectivity index (χ0n) is 9.13. The van der Waals surface area contributed by atoms with E-state index in [1.807, 2.05) is 13.8 Å². The molecular formula is C9H20N2O2S. The van der Waals surface area contributed by atoms with Gasteiger partial charge in [-0.05, 0) is 13.3 Å². The van der Waals surface area contributed by atoms with Crippen LogP contribution in [0.25, 0.3) is 0 Å². The topological polar surface area (TPSA) is 58.2 Å². The van der Waals surface area contributed by atoms with Crippen LogP contribution >= 0.6 is 0 Å². The molecule has 2 atom stereocenters. The normalized spacial score (nSPS) is 14.8. The van der Waals surface area contributed by atoms with Crippen LogP contribution in [-0.2, 0) is 15.6 Å². The maximum absolute atomic E-state index is 11.2. The summed E-state index contributed by atoms with van der Waals surface area (Å²) in [6.07, 6.45) is 2.59. The smallest absolute Gasteiger partial charge is 0.234 e. The van der Waals surface area contributed by atoms with Crippen molar-refractivity contribution >= 4 is 16.7 Å². The Hall–Kier alpha value is -0.420. The zero-order valence-corrected chi connectivity index (χ0v) is 9.95. The molecule has 0 heterocycles. The summed E-state index contributed by atoms with van der Waals surface area (Å²) in [6.45, 7) is 4.93. The number of nitrogens with one attached hydrogen (secondary N) is 2. The molecule has 4 nitrogen and oxygen atoms in total. The Balaban J connectivity index is 3.40. The van der Waals surface area contributed by atoms with Crippen LogP contribution < -0.4 is 10.6 Å². The molecule has 0 aromatic rings. The lowest BCUT2D eigenvalue weighted by Crippen LogP contribution is -2.39. The van der Waals surface area contributed by atoms with Crippen molar-refractivity contribution in [3.8, 4) is 0 Å². The van der Waals surface area contributed by atoms with Crippen LogP contribution in [0.4, 0.5) is 0 Å². The highest BCUT2D eigenvalue weighted by atomic mass is 32.2. The van der Waals surface area contributed by atoms with Gasteiger partial charge in [-0.15, -0.1) is 0 Å². The van der Waals surface area contributed by atoms with Crippen molar-refractivity contribution in [1.29, 1.82) is 0 Å². The number of carbonyl (C=O) groups excluding carboxylic acids is 1. The van der Waals surface area contributed by atoms with E-state index in [1.165, 1.54) is 0 Å². The first-order valence-electron chi connectivity index (χ1n) is 4.86. The van der Waals surface area contributed by atoms with Crippen molar-refractivity contribution in [1.82, 2.24) is 10.6 Å². The summed E-state index contributed by atoms with van der Waals surface area (Å²) in [6, 6.07) is 0.226. The van der Waals surface area contributed by atoms with Crippen molar-refractivity contribution in [2.45, 2.75) is 26.3 Å². The fourth-order valence-electron chi connectivity index (χ4n) is 0.846. The summed E-state index contributed by atoms with van der Waals surface area (Å²) in [5.74, 6) is 0.595. The molecule has 1 amide bonds. The molecule has 2 unspecified atom stereocenters. The molecule has 0 saturated heterocycles. The highest BCUT2D eigenvalue weighted by Gasteiger charge is 2.03. The second kappa shape index (κ2) is 7.94. The molecule has 0 rings (SSSR count). The third-order valence-corrected chi connectivity index (χ3v) is 2.65. The second-order valence-corrected chi connectivity index (χ2v) is 4.89. The van der Waals surface area contributed by atoms with Crippen LogP contribution in [-0.4, -0.2) is 41.3 Å². The largest absolute Gasteiger partial charge is 0.353 e. The summed E-state index contributed by atoms with van der Waals surface area (Å²) >= 11 is 0. The molecule has 0 bridgehead atoms. The van der Waals surface area contributed by atoms with E-state index >= 15 is 0 Å². The molecule has 5 heteroatoms. The lowest BCUT2D eigenvalue weighted by atomic mass is 10.2. The minimum atomic E-state index is -0.787. The van der Waals surface area contributed by atoms with Gasteiger partial charge in [-0.2, -0.15) is 0 Å². The van der Waals surface area contributed by atoms with Crippen LogP contribution in [0, 0.1) is 0 Å². The lowest BCUT2D eigenvalue weighted by molar-refractivity contribution is -0.120. The van der Waals surface area contributed by atoms with Gasteiger partial charge in [0.25, 0.3) is 0 Å². The van der Waals surface area contributed by atoms with E-state index in [0.717, 1.165) is 6.42 Å². The Morgan fingerprint density at radius 2 is 2.14 bits per heavy atom. The van der Waals surface area contributed by atoms with Gasteiger partial charge >= 0.3 is 0 Å². The SMILES string of the molecule is CCC(C)NC(=O)CNCCS(C)=O. The van der Waals surface area contributed by atoms with Gasteiger partial charge in [-0.25, -0.2) is 0 Å². The number of rotatable bonds is 7. The Morgan fingerprint density at radius 3 is 2.64 bits per heavy atom. The fraction of sp³-hybridized carbons (Fsp3) is 0.889. The van der Waals surface area contributed by atoms with E-state index in [0.29, 0.717) is 18.8 Å². The van der Waals surface area contributed by atoms with Crippen molar-refractivity contribution in [2.75, 3.05) is 25.1 Å². The number of hydrogen-bond acceptors (Lipinski definition) is 3. The van der Waals surface area contributed by atoms with Gasteiger partial charge in [0, 0.05) is 35.4 Å². The van der Waals surface area contributed by atoms with Crippen LogP contribution in [0.3, 0.4) is 0 Å². The summed E-state index contributed by atoms with van der Waals surface area (Å²) < 4.78 is 10.7. The first-order valence-corrected chi connectivity index (χ1v) is 6.59. The van der Waals surface area contributed by atoms with E-state index in [4.69, 9.17) is 0 Å². The molecule has 0 aromatic carbocycles. The van der Waals surface area contributed by atoms with Crippen LogP contribution in [0.5, 0.6) is 0 Å². The fourth-order valence-corrected chi connectivity index (χ4v) is 1.28. The maximum Gasteiger partial charge on any atom is 0.234 e. The van der Waals surface area contributed by atoms with Crippen molar-refractivity contribution in [3.05, 3.63) is 0 Å². The molecule has 0 radical (unpaired) electrons. The van der Waals surface area contributed by atoms with Gasteiger partial charge in [-0.1, -0.05) is 6.92 Å². The minimum Gasteiger partial charge on any atom is -0.353 e. The predicted molar refractivity (Wildman–Crippen MR) is 59.7 cm³/mol. The van der Waals surface area contributed by atoms with Gasteiger partial charge in [0.05, 0.1) is 6.54 Å². The average Bonchev–Trinajstić information content (AvgIpc) is 2.12. The Labute approximate surface area is 88.3 Å². The molecule has 0 fully saturated rings. The Bertz CT molecular complexity index is 197. The quantitative estimate of drug-likeness (QED) is 0.588. The summed E-state index contributed by atoms with van der Waals surface area (Å²) in [5.41, 5.74) is 0. The number of hydrogen-bond donors (Lipinski definition) is 2. The molecule has 2 N–H and O–H groups in total. The number of carbonyl (C=O) groups is 1. The van der Waals surface area contributed by atoms with Gasteiger partial charge in [0.15, 0.2) is 0 Å². The minimum absolute atomic E-state index is 0.00114. The molecule has 14 heavy (non-hydrogen) atoms. The summed E-state index contributed by atoms with van der Waals surface area (Å²) in [5, 5.41) is 5.78. The van der Waals surface area contributed by atoms with E-state index in [2.05, 4.69) is 10.6 Å². The average molecular weight is 220 g/mol. The van der Waals surface area contributed by atoms with E-state index in [-0.39, 0.29) is 11.9 Å². The predicted octanol–water partition coefficient (Wildman–Crippen LogP) is -0.131. The molecule has 0 aliphatic carbocycles. The third kappa shape index (κ3) is 8.19. The Kier molecular flexibility index (Phi) is 7.70. The van der Waals surface area contributed by atoms with Gasteiger partial charge < -0.3 is 10.6 Å². The van der Waals surface area contributed by atoms with Gasteiger partial charge in [0.2, 0.25) is 5.91 Å². The van der Waals surface area contributed by atoms with Crippen molar-refractivity contribution < 1.29 is 9.00 Å². The highest BCUT2D eigenvalue weighted by Crippen LogP contribution is 1.86. The van der Waals surface area contributed by atoms with Gasteiger partial charge in [0.1, 0.15) is 0 Å². The molecule has 0 aromatic heterocycles. The van der Waals surface area contributed by atoms with Crippen LogP contribution in [0.15, 0.2) is 0 Å². The van der Waals surface area contributed by atoms with Crippen molar-refractivity contribution in [3.63, 3.8) is 0 Å². The highest BCUT2D eigenvalue weighted by molar-refractivity contribution is 7.84. The first kappa shape index (κ1) is 13.6. The molecule has 0 saturated carbocycles. The third-order valence-electron chi connectivity index (χ3n) is 1.87.